The van der Waals surface area contributed by atoms with Gasteiger partial charge in [-0.3, -0.25) is 0 Å². The van der Waals surface area contributed by atoms with Crippen LogP contribution in [0, 0.1) is 12.7 Å². The van der Waals surface area contributed by atoms with Gasteiger partial charge in [-0.2, -0.15) is 0 Å². The van der Waals surface area contributed by atoms with Gasteiger partial charge in [0.15, 0.2) is 0 Å². The molecule has 0 fully saturated rings. The second-order valence-electron chi connectivity index (χ2n) is 4.69. The number of hydrogen-bond donors (Lipinski definition) is 1. The number of ether oxygens (including phenoxy) is 1. The molecule has 1 aromatic rings. The number of hydrogen-bond acceptors (Lipinski definition) is 3. The number of rotatable bonds is 1. The highest BCUT2D eigenvalue weighted by Crippen LogP contribution is 2.20. The molecule has 0 aliphatic carbocycles. The predicted molar refractivity (Wildman–Crippen MR) is 60.7 cm³/mol. The number of anilines is 1. The Hall–Kier alpha value is -1.58. The van der Waals surface area contributed by atoms with Crippen LogP contribution in [0.1, 0.15) is 36.7 Å². The van der Waals surface area contributed by atoms with Crippen LogP contribution in [-0.2, 0) is 4.74 Å². The van der Waals surface area contributed by atoms with Crippen molar-refractivity contribution in [3.8, 4) is 0 Å². The molecule has 0 saturated heterocycles. The molecule has 16 heavy (non-hydrogen) atoms. The van der Waals surface area contributed by atoms with Crippen molar-refractivity contribution in [2.45, 2.75) is 33.3 Å². The average Bonchev–Trinajstić information content (AvgIpc) is 2.08. The molecule has 0 aliphatic rings. The largest absolute Gasteiger partial charge is 0.456 e. The van der Waals surface area contributed by atoms with Gasteiger partial charge in [0.05, 0.1) is 5.56 Å². The third-order valence-electron chi connectivity index (χ3n) is 1.95. The predicted octanol–water partition coefficient (Wildman–Crippen LogP) is 2.67. The third-order valence-corrected chi connectivity index (χ3v) is 1.95. The van der Waals surface area contributed by atoms with E-state index in [0.717, 1.165) is 6.07 Å². The number of nitrogens with two attached hydrogens (primary N) is 1. The smallest absolute Gasteiger partial charge is 0.340 e. The fraction of sp³-hybridized carbons (Fsp3) is 0.417. The summed E-state index contributed by atoms with van der Waals surface area (Å²) in [6.45, 7) is 6.81. The van der Waals surface area contributed by atoms with E-state index in [1.807, 2.05) is 0 Å². The molecule has 1 aromatic carbocycles. The van der Waals surface area contributed by atoms with Gasteiger partial charge in [-0.1, -0.05) is 0 Å². The van der Waals surface area contributed by atoms with Crippen LogP contribution >= 0.6 is 0 Å². The summed E-state index contributed by atoms with van der Waals surface area (Å²) in [5.74, 6) is -1.07. The van der Waals surface area contributed by atoms with E-state index in [0.29, 0.717) is 5.56 Å². The molecule has 1 rings (SSSR count). The van der Waals surface area contributed by atoms with Gasteiger partial charge in [-0.05, 0) is 45.4 Å². The minimum Gasteiger partial charge on any atom is -0.456 e. The molecule has 0 radical (unpaired) electrons. The highest BCUT2D eigenvalue weighted by atomic mass is 19.1. The second-order valence-corrected chi connectivity index (χ2v) is 4.69. The Morgan fingerprint density at radius 1 is 1.38 bits per heavy atom. The first-order chi connectivity index (χ1) is 7.20. The fourth-order valence-corrected chi connectivity index (χ4v) is 1.21. The van der Waals surface area contributed by atoms with Crippen molar-refractivity contribution >= 4 is 11.7 Å². The first kappa shape index (κ1) is 12.5. The molecular weight excluding hydrogens is 209 g/mol. The van der Waals surface area contributed by atoms with Gasteiger partial charge in [-0.25, -0.2) is 9.18 Å². The lowest BCUT2D eigenvalue weighted by atomic mass is 10.1. The van der Waals surface area contributed by atoms with Gasteiger partial charge >= 0.3 is 5.97 Å². The molecule has 0 heterocycles. The van der Waals surface area contributed by atoms with E-state index >= 15 is 0 Å². The van der Waals surface area contributed by atoms with Gasteiger partial charge in [0, 0.05) is 5.69 Å². The summed E-state index contributed by atoms with van der Waals surface area (Å²) in [7, 11) is 0. The zero-order valence-corrected chi connectivity index (χ0v) is 9.93. The quantitative estimate of drug-likeness (QED) is 0.590. The summed E-state index contributed by atoms with van der Waals surface area (Å²) in [6, 6.07) is 2.54. The molecule has 0 bridgehead atoms. The molecule has 88 valence electrons. The first-order valence-electron chi connectivity index (χ1n) is 4.99. The Morgan fingerprint density at radius 3 is 2.44 bits per heavy atom. The van der Waals surface area contributed by atoms with Gasteiger partial charge < -0.3 is 10.5 Å². The van der Waals surface area contributed by atoms with Crippen LogP contribution in [0.4, 0.5) is 10.1 Å². The molecule has 0 aromatic heterocycles. The average molecular weight is 225 g/mol. The second kappa shape index (κ2) is 4.12. The maximum absolute atomic E-state index is 13.3. The number of esters is 1. The molecule has 0 spiro atoms. The van der Waals surface area contributed by atoms with E-state index in [1.54, 1.807) is 27.7 Å². The van der Waals surface area contributed by atoms with E-state index in [2.05, 4.69) is 0 Å². The number of benzene rings is 1. The van der Waals surface area contributed by atoms with Gasteiger partial charge in [-0.15, -0.1) is 0 Å². The summed E-state index contributed by atoms with van der Waals surface area (Å²) >= 11 is 0. The number of halogens is 1. The third kappa shape index (κ3) is 2.95. The van der Waals surface area contributed by atoms with Gasteiger partial charge in [0.25, 0.3) is 0 Å². The maximum atomic E-state index is 13.3. The van der Waals surface area contributed by atoms with Crippen LogP contribution in [0.2, 0.25) is 0 Å². The Labute approximate surface area is 94.4 Å². The molecular formula is C12H16FNO2. The highest BCUT2D eigenvalue weighted by molar-refractivity contribution is 5.95. The van der Waals surface area contributed by atoms with Crippen molar-refractivity contribution in [3.63, 3.8) is 0 Å². The zero-order valence-electron chi connectivity index (χ0n) is 9.93. The standard InChI is InChI=1S/C12H16FNO2/c1-7-5-10(14)8(6-9(7)13)11(15)16-12(2,3)4/h5-6H,14H2,1-4H3. The minimum atomic E-state index is -0.620. The number of carbonyl (C=O) groups excluding carboxylic acids is 1. The lowest BCUT2D eigenvalue weighted by molar-refractivity contribution is 0.00703. The van der Waals surface area contributed by atoms with Crippen LogP contribution in [0.15, 0.2) is 12.1 Å². The van der Waals surface area contributed by atoms with Crippen molar-refractivity contribution in [3.05, 3.63) is 29.1 Å². The lowest BCUT2D eigenvalue weighted by Crippen LogP contribution is -2.24. The molecule has 3 nitrogen and oxygen atoms in total. The molecule has 0 atom stereocenters. The van der Waals surface area contributed by atoms with Crippen LogP contribution in [0.5, 0.6) is 0 Å². The minimum absolute atomic E-state index is 0.0676. The van der Waals surface area contributed by atoms with Crippen LogP contribution in [0.3, 0.4) is 0 Å². The van der Waals surface area contributed by atoms with Crippen LogP contribution in [0.25, 0.3) is 0 Å². The molecule has 0 aliphatic heterocycles. The Kier molecular flexibility index (Phi) is 3.21. The van der Waals surface area contributed by atoms with Crippen molar-refractivity contribution in [2.75, 3.05) is 5.73 Å². The Bertz CT molecular complexity index is 422. The topological polar surface area (TPSA) is 52.3 Å². The zero-order chi connectivity index (χ0) is 12.5. The Morgan fingerprint density at radius 2 is 1.94 bits per heavy atom. The number of aryl methyl sites for hydroxylation is 1. The summed E-state index contributed by atoms with van der Waals surface area (Å²) in [5.41, 5.74) is 5.73. The molecule has 4 heteroatoms. The van der Waals surface area contributed by atoms with E-state index in [9.17, 15) is 9.18 Å². The van der Waals surface area contributed by atoms with Crippen molar-refractivity contribution in [1.82, 2.24) is 0 Å². The van der Waals surface area contributed by atoms with Crippen molar-refractivity contribution in [1.29, 1.82) is 0 Å². The van der Waals surface area contributed by atoms with Gasteiger partial charge in [0.1, 0.15) is 11.4 Å². The number of nitrogen functional groups attached to an aromatic ring is 1. The van der Waals surface area contributed by atoms with Crippen LogP contribution in [-0.4, -0.2) is 11.6 Å². The summed E-state index contributed by atoms with van der Waals surface area (Å²) < 4.78 is 18.4. The van der Waals surface area contributed by atoms with Crippen molar-refractivity contribution < 1.29 is 13.9 Å². The Balaban J connectivity index is 3.05. The molecule has 2 N–H and O–H groups in total. The summed E-state index contributed by atoms with van der Waals surface area (Å²) in [4.78, 5) is 11.7. The summed E-state index contributed by atoms with van der Waals surface area (Å²) in [6.07, 6.45) is 0. The molecule has 0 unspecified atom stereocenters. The van der Waals surface area contributed by atoms with E-state index < -0.39 is 17.4 Å². The monoisotopic (exact) mass is 225 g/mol. The van der Waals surface area contributed by atoms with Crippen molar-refractivity contribution in [2.24, 2.45) is 0 Å². The lowest BCUT2D eigenvalue weighted by Gasteiger charge is -2.20. The highest BCUT2D eigenvalue weighted by Gasteiger charge is 2.20. The van der Waals surface area contributed by atoms with Crippen LogP contribution < -0.4 is 5.73 Å². The normalized spacial score (nSPS) is 11.3. The van der Waals surface area contributed by atoms with Gasteiger partial charge in [0.2, 0.25) is 0 Å². The maximum Gasteiger partial charge on any atom is 0.340 e. The van der Waals surface area contributed by atoms with E-state index in [1.165, 1.54) is 6.07 Å². The first-order valence-corrected chi connectivity index (χ1v) is 4.99. The fourth-order valence-electron chi connectivity index (χ4n) is 1.21. The SMILES string of the molecule is Cc1cc(N)c(C(=O)OC(C)(C)C)cc1F. The molecule has 0 saturated carbocycles. The number of carbonyl (C=O) groups is 1. The molecule has 0 amide bonds. The van der Waals surface area contributed by atoms with E-state index in [-0.39, 0.29) is 11.3 Å². The van der Waals surface area contributed by atoms with E-state index in [4.69, 9.17) is 10.5 Å². The summed E-state index contributed by atoms with van der Waals surface area (Å²) in [5, 5.41) is 0.